The number of halogens is 4. The predicted octanol–water partition coefficient (Wildman–Crippen LogP) is 3.66. The van der Waals surface area contributed by atoms with Gasteiger partial charge in [0.1, 0.15) is 18.0 Å². The molecule has 0 atom stereocenters. The van der Waals surface area contributed by atoms with Crippen LogP contribution in [0.2, 0.25) is 10.0 Å². The topological polar surface area (TPSA) is 127 Å². The molecule has 218 valence electrons. The Morgan fingerprint density at radius 3 is 2.52 bits per heavy atom. The summed E-state index contributed by atoms with van der Waals surface area (Å²) in [5.41, 5.74) is -0.849. The first-order chi connectivity index (χ1) is 20.2. The van der Waals surface area contributed by atoms with E-state index in [4.69, 9.17) is 27.9 Å². The number of hydrogen-bond donors (Lipinski definition) is 1. The van der Waals surface area contributed by atoms with E-state index in [1.165, 1.54) is 11.0 Å². The van der Waals surface area contributed by atoms with Gasteiger partial charge in [-0.25, -0.2) is 27.9 Å². The van der Waals surface area contributed by atoms with Crippen molar-refractivity contribution in [3.8, 4) is 0 Å². The molecule has 1 fully saturated rings. The number of aryl methyl sites for hydroxylation is 1. The van der Waals surface area contributed by atoms with Crippen LogP contribution in [0.25, 0.3) is 10.9 Å². The molecular formula is C26H23Cl2F2N9O3. The molecule has 1 aliphatic rings. The van der Waals surface area contributed by atoms with Crippen molar-refractivity contribution >= 4 is 45.7 Å². The fraction of sp³-hybridized carbons (Fsp3) is 0.308. The average molecular weight is 618 g/mol. The summed E-state index contributed by atoms with van der Waals surface area (Å²) in [7, 11) is 1.64. The maximum absolute atomic E-state index is 14.7. The van der Waals surface area contributed by atoms with Crippen molar-refractivity contribution in [3.63, 3.8) is 0 Å². The van der Waals surface area contributed by atoms with E-state index < -0.39 is 29.6 Å². The minimum atomic E-state index is -0.950. The van der Waals surface area contributed by atoms with Crippen molar-refractivity contribution in [1.82, 2.24) is 38.7 Å². The number of fused-ring (bicyclic) bond motifs is 1. The Balaban J connectivity index is 1.42. The summed E-state index contributed by atoms with van der Waals surface area (Å²) in [5, 5.41) is 12.4. The van der Waals surface area contributed by atoms with E-state index in [-0.39, 0.29) is 40.0 Å². The number of rotatable bonds is 7. The van der Waals surface area contributed by atoms with Gasteiger partial charge in [0.2, 0.25) is 5.95 Å². The quantitative estimate of drug-likeness (QED) is 0.274. The molecule has 4 heterocycles. The third kappa shape index (κ3) is 5.52. The van der Waals surface area contributed by atoms with E-state index in [0.29, 0.717) is 30.5 Å². The Bertz CT molecular complexity index is 1930. The van der Waals surface area contributed by atoms with Crippen molar-refractivity contribution in [2.75, 3.05) is 18.5 Å². The van der Waals surface area contributed by atoms with E-state index in [1.807, 2.05) is 10.9 Å². The van der Waals surface area contributed by atoms with E-state index in [1.54, 1.807) is 19.2 Å². The molecule has 5 aromatic rings. The first-order valence-electron chi connectivity index (χ1n) is 12.9. The second-order valence-electron chi connectivity index (χ2n) is 9.83. The summed E-state index contributed by atoms with van der Waals surface area (Å²) in [6.45, 7) is 0.590. The van der Waals surface area contributed by atoms with Gasteiger partial charge in [0.05, 0.1) is 40.4 Å². The molecule has 12 nitrogen and oxygen atoms in total. The van der Waals surface area contributed by atoms with Gasteiger partial charge in [0.15, 0.2) is 5.82 Å². The van der Waals surface area contributed by atoms with Gasteiger partial charge in [-0.05, 0) is 31.0 Å². The number of hydrogen-bond acceptors (Lipinski definition) is 8. The molecule has 3 aromatic heterocycles. The van der Waals surface area contributed by atoms with E-state index in [2.05, 4.69) is 25.5 Å². The van der Waals surface area contributed by atoms with E-state index >= 15 is 0 Å². The van der Waals surface area contributed by atoms with E-state index in [9.17, 15) is 18.4 Å². The van der Waals surface area contributed by atoms with Crippen molar-refractivity contribution < 1.29 is 13.5 Å². The minimum absolute atomic E-state index is 0.103. The molecule has 16 heteroatoms. The van der Waals surface area contributed by atoms with Crippen LogP contribution in [0, 0.1) is 11.6 Å². The van der Waals surface area contributed by atoms with Gasteiger partial charge in [-0.1, -0.05) is 23.2 Å². The van der Waals surface area contributed by atoms with E-state index in [0.717, 1.165) is 33.4 Å². The van der Waals surface area contributed by atoms with Crippen LogP contribution >= 0.6 is 23.2 Å². The molecule has 1 aliphatic heterocycles. The zero-order chi connectivity index (χ0) is 29.5. The molecular weight excluding hydrogens is 595 g/mol. The number of aromatic nitrogens is 8. The molecule has 6 rings (SSSR count). The summed E-state index contributed by atoms with van der Waals surface area (Å²) in [6.07, 6.45) is 4.97. The van der Waals surface area contributed by atoms with Gasteiger partial charge in [-0.15, -0.1) is 0 Å². The van der Waals surface area contributed by atoms with Crippen molar-refractivity contribution in [2.45, 2.75) is 32.0 Å². The molecule has 0 aliphatic carbocycles. The molecule has 1 N–H and O–H groups in total. The average Bonchev–Trinajstić information content (AvgIpc) is 3.57. The van der Waals surface area contributed by atoms with Crippen LogP contribution in [0.5, 0.6) is 0 Å². The monoisotopic (exact) mass is 617 g/mol. The summed E-state index contributed by atoms with van der Waals surface area (Å²) < 4.78 is 39.2. The lowest BCUT2D eigenvalue weighted by Crippen LogP contribution is -2.43. The highest BCUT2D eigenvalue weighted by Gasteiger charge is 2.21. The third-order valence-corrected chi connectivity index (χ3v) is 7.54. The number of ether oxygens (including phenoxy) is 1. The number of nitrogens with one attached hydrogen (secondary N) is 1. The predicted molar refractivity (Wildman–Crippen MR) is 150 cm³/mol. The zero-order valence-electron chi connectivity index (χ0n) is 22.1. The molecule has 0 unspecified atom stereocenters. The normalized spacial score (nSPS) is 14.1. The lowest BCUT2D eigenvalue weighted by atomic mass is 10.1. The van der Waals surface area contributed by atoms with Gasteiger partial charge in [0, 0.05) is 43.5 Å². The van der Waals surface area contributed by atoms with Crippen molar-refractivity contribution in [1.29, 1.82) is 0 Å². The Kier molecular flexibility index (Phi) is 7.51. The van der Waals surface area contributed by atoms with Gasteiger partial charge in [-0.2, -0.15) is 15.2 Å². The maximum atomic E-state index is 14.7. The number of nitrogens with zero attached hydrogens (tertiary/aromatic N) is 8. The highest BCUT2D eigenvalue weighted by molar-refractivity contribution is 6.34. The first kappa shape index (κ1) is 28.0. The largest absolute Gasteiger partial charge is 0.381 e. The highest BCUT2D eigenvalue weighted by Crippen LogP contribution is 2.31. The van der Waals surface area contributed by atoms with Crippen molar-refractivity contribution in [2.24, 2.45) is 7.05 Å². The Morgan fingerprint density at radius 2 is 1.79 bits per heavy atom. The second kappa shape index (κ2) is 11.3. The SMILES string of the molecule is Cn1cnc(Cn2c(=O)nc(Nc3cc4cn(C5CCOCC5)nc4cc3Cl)n(Cc3cc(Cl)c(F)cc3F)c2=O)n1. The third-order valence-electron chi connectivity index (χ3n) is 6.94. The molecule has 0 amide bonds. The van der Waals surface area contributed by atoms with Gasteiger partial charge in [-0.3, -0.25) is 13.9 Å². The second-order valence-corrected chi connectivity index (χ2v) is 10.6. The Hall–Kier alpha value is -4.14. The molecule has 0 radical (unpaired) electrons. The lowest BCUT2D eigenvalue weighted by molar-refractivity contribution is 0.0664. The fourth-order valence-corrected chi connectivity index (χ4v) is 5.17. The van der Waals surface area contributed by atoms with Crippen molar-refractivity contribution in [3.05, 3.63) is 90.8 Å². The smallest absolute Gasteiger partial charge is 0.355 e. The summed E-state index contributed by atoms with van der Waals surface area (Å²) in [4.78, 5) is 34.8. The van der Waals surface area contributed by atoms with Crippen LogP contribution in [0.3, 0.4) is 0 Å². The van der Waals surface area contributed by atoms with Crippen LogP contribution < -0.4 is 16.7 Å². The number of anilines is 2. The minimum Gasteiger partial charge on any atom is -0.381 e. The summed E-state index contributed by atoms with van der Waals surface area (Å²) in [6, 6.07) is 5.26. The number of benzene rings is 2. The summed E-state index contributed by atoms with van der Waals surface area (Å²) in [5.74, 6) is -1.90. The van der Waals surface area contributed by atoms with Gasteiger partial charge >= 0.3 is 11.4 Å². The Labute approximate surface area is 246 Å². The molecule has 0 saturated carbocycles. The molecule has 0 spiro atoms. The first-order valence-corrected chi connectivity index (χ1v) is 13.6. The van der Waals surface area contributed by atoms with Gasteiger partial charge < -0.3 is 10.1 Å². The lowest BCUT2D eigenvalue weighted by Gasteiger charge is -2.22. The van der Waals surface area contributed by atoms with Crippen LogP contribution in [0.4, 0.5) is 20.4 Å². The summed E-state index contributed by atoms with van der Waals surface area (Å²) >= 11 is 12.5. The fourth-order valence-electron chi connectivity index (χ4n) is 4.77. The zero-order valence-corrected chi connectivity index (χ0v) is 23.6. The Morgan fingerprint density at radius 1 is 1.00 bits per heavy atom. The van der Waals surface area contributed by atoms with Crippen LogP contribution in [-0.4, -0.2) is 51.9 Å². The molecule has 0 bridgehead atoms. The van der Waals surface area contributed by atoms with Crippen LogP contribution in [-0.2, 0) is 24.9 Å². The van der Waals surface area contributed by atoms with Gasteiger partial charge in [0.25, 0.3) is 0 Å². The van der Waals surface area contributed by atoms with Crippen LogP contribution in [0.15, 0.2) is 46.4 Å². The maximum Gasteiger partial charge on any atom is 0.355 e. The molecule has 2 aromatic carbocycles. The van der Waals surface area contributed by atoms with Crippen LogP contribution in [0.1, 0.15) is 30.3 Å². The molecule has 1 saturated heterocycles. The standard InChI is InChI=1S/C26H23Cl2F2N9O3/c1-36-13-31-23(35-36)12-38-25(40)33-24(37(26(38)41)10-14-6-17(27)20(30)9-19(14)29)32-22-7-15-11-39(16-2-4-42-5-3-16)34-21(15)8-18(22)28/h6-9,11,13,16H,2-5,10,12H2,1H3,(H,32,33,40). The molecule has 42 heavy (non-hydrogen) atoms. The highest BCUT2D eigenvalue weighted by atomic mass is 35.5.